The van der Waals surface area contributed by atoms with Crippen molar-refractivity contribution < 1.29 is 14.3 Å². The summed E-state index contributed by atoms with van der Waals surface area (Å²) in [4.78, 5) is 31.8. The van der Waals surface area contributed by atoms with Gasteiger partial charge in [0.2, 0.25) is 11.1 Å². The number of thiophene rings is 1. The van der Waals surface area contributed by atoms with E-state index in [4.69, 9.17) is 4.74 Å². The van der Waals surface area contributed by atoms with Gasteiger partial charge in [-0.3, -0.25) is 9.89 Å². The minimum atomic E-state index is -0.570. The Morgan fingerprint density at radius 2 is 2.12 bits per heavy atom. The second-order valence-electron chi connectivity index (χ2n) is 7.88. The number of nitrogens with zero attached hydrogens (tertiary/aromatic N) is 2. The van der Waals surface area contributed by atoms with Gasteiger partial charge in [0.25, 0.3) is 0 Å². The highest BCUT2D eigenvalue weighted by Crippen LogP contribution is 2.41. The van der Waals surface area contributed by atoms with Crippen LogP contribution in [-0.4, -0.2) is 33.7 Å². The van der Waals surface area contributed by atoms with Crippen LogP contribution in [0.25, 0.3) is 0 Å². The fraction of sp³-hybridized carbons (Fsp3) is 0.391. The summed E-state index contributed by atoms with van der Waals surface area (Å²) >= 11 is 2.76. The van der Waals surface area contributed by atoms with Gasteiger partial charge < -0.3 is 10.1 Å². The topological polar surface area (TPSA) is 97.0 Å². The second-order valence-corrected chi connectivity index (χ2v) is 10.1. The lowest BCUT2D eigenvalue weighted by Crippen LogP contribution is -2.21. The molecule has 0 saturated carbocycles. The Labute approximate surface area is 195 Å². The quantitative estimate of drug-likeness (QED) is 0.375. The van der Waals surface area contributed by atoms with Crippen LogP contribution >= 0.6 is 23.1 Å². The third kappa shape index (κ3) is 4.88. The molecule has 32 heavy (non-hydrogen) atoms. The van der Waals surface area contributed by atoms with E-state index < -0.39 is 5.25 Å². The van der Waals surface area contributed by atoms with E-state index >= 15 is 0 Å². The number of thioether (sulfide) groups is 1. The van der Waals surface area contributed by atoms with E-state index in [1.165, 1.54) is 23.1 Å². The van der Waals surface area contributed by atoms with Crippen molar-refractivity contribution in [2.75, 3.05) is 11.9 Å². The highest BCUT2D eigenvalue weighted by Gasteiger charge is 2.31. The van der Waals surface area contributed by atoms with Crippen molar-refractivity contribution in [2.45, 2.75) is 50.4 Å². The number of aromatic amines is 1. The molecule has 0 fully saturated rings. The molecule has 0 aliphatic heterocycles. The number of carbonyl (C=O) groups excluding carboxylic acids is 2. The summed E-state index contributed by atoms with van der Waals surface area (Å²) in [5.41, 5.74) is 2.37. The molecule has 4 rings (SSSR count). The molecule has 168 valence electrons. The average molecular weight is 471 g/mol. The standard InChI is InChI=1S/C23H26N4O3S2/c1-4-30-22(29)18-16-11-10-13(2)12-17(16)31-21(18)25-20(28)19(15-8-6-5-7-9-15)32-23-24-14(3)26-27-23/h5-9,13,19H,4,10-12H2,1-3H3,(H,25,28)(H,24,26,27)/t13-,19-/m1/s1. The second kappa shape index (κ2) is 9.87. The zero-order chi connectivity index (χ0) is 22.7. The van der Waals surface area contributed by atoms with Gasteiger partial charge in [-0.2, -0.15) is 0 Å². The molecular formula is C23H26N4O3S2. The van der Waals surface area contributed by atoms with Crippen LogP contribution in [-0.2, 0) is 22.4 Å². The van der Waals surface area contributed by atoms with E-state index in [1.54, 1.807) is 6.92 Å². The highest BCUT2D eigenvalue weighted by atomic mass is 32.2. The number of esters is 1. The monoisotopic (exact) mass is 470 g/mol. The first-order chi connectivity index (χ1) is 15.5. The first kappa shape index (κ1) is 22.5. The van der Waals surface area contributed by atoms with E-state index in [-0.39, 0.29) is 11.9 Å². The Kier molecular flexibility index (Phi) is 6.95. The van der Waals surface area contributed by atoms with Crippen molar-refractivity contribution in [3.63, 3.8) is 0 Å². The molecule has 0 spiro atoms. The molecule has 7 nitrogen and oxygen atoms in total. The van der Waals surface area contributed by atoms with Gasteiger partial charge in [0.15, 0.2) is 0 Å². The smallest absolute Gasteiger partial charge is 0.341 e. The van der Waals surface area contributed by atoms with Gasteiger partial charge in [-0.05, 0) is 50.2 Å². The average Bonchev–Trinajstić information content (AvgIpc) is 3.34. The van der Waals surface area contributed by atoms with Crippen LogP contribution in [0.15, 0.2) is 35.5 Å². The van der Waals surface area contributed by atoms with Gasteiger partial charge in [0, 0.05) is 4.88 Å². The molecule has 1 aliphatic carbocycles. The summed E-state index contributed by atoms with van der Waals surface area (Å²) in [5, 5.41) is 10.5. The Morgan fingerprint density at radius 3 is 2.81 bits per heavy atom. The number of ether oxygens (including phenoxy) is 1. The number of fused-ring (bicyclic) bond motifs is 1. The first-order valence-electron chi connectivity index (χ1n) is 10.7. The normalized spacial score (nSPS) is 16.3. The van der Waals surface area contributed by atoms with Crippen molar-refractivity contribution in [2.24, 2.45) is 5.92 Å². The Morgan fingerprint density at radius 1 is 1.34 bits per heavy atom. The molecule has 1 aliphatic rings. The van der Waals surface area contributed by atoms with Crippen LogP contribution in [0.5, 0.6) is 0 Å². The Hall–Kier alpha value is -2.65. The summed E-state index contributed by atoms with van der Waals surface area (Å²) < 4.78 is 5.33. The molecule has 2 heterocycles. The largest absolute Gasteiger partial charge is 0.462 e. The van der Waals surface area contributed by atoms with Crippen molar-refractivity contribution >= 4 is 40.0 Å². The number of rotatable bonds is 7. The number of nitrogens with one attached hydrogen (secondary N) is 2. The predicted molar refractivity (Wildman–Crippen MR) is 126 cm³/mol. The van der Waals surface area contributed by atoms with Crippen LogP contribution < -0.4 is 5.32 Å². The molecule has 3 aromatic rings. The van der Waals surface area contributed by atoms with E-state index in [0.717, 1.165) is 35.3 Å². The fourth-order valence-corrected chi connectivity index (χ4v) is 6.18. The van der Waals surface area contributed by atoms with Crippen molar-refractivity contribution in [3.05, 3.63) is 57.7 Å². The van der Waals surface area contributed by atoms with Crippen LogP contribution in [0.3, 0.4) is 0 Å². The van der Waals surface area contributed by atoms with E-state index in [1.807, 2.05) is 37.3 Å². The van der Waals surface area contributed by atoms with Crippen LogP contribution in [0.4, 0.5) is 5.00 Å². The summed E-state index contributed by atoms with van der Waals surface area (Å²) in [7, 11) is 0. The lowest BCUT2D eigenvalue weighted by molar-refractivity contribution is -0.115. The van der Waals surface area contributed by atoms with Crippen molar-refractivity contribution in [1.82, 2.24) is 15.2 Å². The molecule has 0 bridgehead atoms. The number of amides is 1. The molecule has 0 radical (unpaired) electrons. The Balaban J connectivity index is 1.66. The van der Waals surface area contributed by atoms with Crippen molar-refractivity contribution in [3.8, 4) is 0 Å². The lowest BCUT2D eigenvalue weighted by atomic mass is 9.88. The molecule has 9 heteroatoms. The van der Waals surface area contributed by atoms with Gasteiger partial charge >= 0.3 is 5.97 Å². The molecule has 1 amide bonds. The maximum atomic E-state index is 13.5. The number of aromatic nitrogens is 3. The summed E-state index contributed by atoms with van der Waals surface area (Å²) in [6.07, 6.45) is 2.76. The zero-order valence-electron chi connectivity index (χ0n) is 18.3. The number of hydrogen-bond donors (Lipinski definition) is 2. The third-order valence-corrected chi connectivity index (χ3v) is 7.65. The zero-order valence-corrected chi connectivity index (χ0v) is 19.9. The number of benzene rings is 1. The van der Waals surface area contributed by atoms with Crippen LogP contribution in [0.2, 0.25) is 0 Å². The minimum absolute atomic E-state index is 0.221. The number of carbonyl (C=O) groups is 2. The number of anilines is 1. The molecule has 0 unspecified atom stereocenters. The summed E-state index contributed by atoms with van der Waals surface area (Å²) in [6, 6.07) is 9.52. The molecular weight excluding hydrogens is 444 g/mol. The predicted octanol–water partition coefficient (Wildman–Crippen LogP) is 4.95. The van der Waals surface area contributed by atoms with Gasteiger partial charge in [-0.1, -0.05) is 49.0 Å². The van der Waals surface area contributed by atoms with Gasteiger partial charge in [-0.25, -0.2) is 9.78 Å². The summed E-state index contributed by atoms with van der Waals surface area (Å²) in [6.45, 7) is 6.11. The fourth-order valence-electron chi connectivity index (χ4n) is 3.82. The van der Waals surface area contributed by atoms with Gasteiger partial charge in [0.1, 0.15) is 16.1 Å². The lowest BCUT2D eigenvalue weighted by Gasteiger charge is -2.18. The van der Waals surface area contributed by atoms with E-state index in [0.29, 0.717) is 34.1 Å². The Bertz CT molecular complexity index is 1110. The third-order valence-electron chi connectivity index (χ3n) is 5.37. The number of aryl methyl sites for hydroxylation is 1. The molecule has 0 saturated heterocycles. The highest BCUT2D eigenvalue weighted by molar-refractivity contribution is 8.00. The maximum absolute atomic E-state index is 13.5. The maximum Gasteiger partial charge on any atom is 0.341 e. The molecule has 2 N–H and O–H groups in total. The van der Waals surface area contributed by atoms with Crippen LogP contribution in [0.1, 0.15) is 57.7 Å². The van der Waals surface area contributed by atoms with E-state index in [2.05, 4.69) is 27.4 Å². The van der Waals surface area contributed by atoms with Crippen LogP contribution in [0, 0.1) is 12.8 Å². The minimum Gasteiger partial charge on any atom is -0.462 e. The van der Waals surface area contributed by atoms with E-state index in [9.17, 15) is 9.59 Å². The van der Waals surface area contributed by atoms with Crippen molar-refractivity contribution in [1.29, 1.82) is 0 Å². The summed E-state index contributed by atoms with van der Waals surface area (Å²) in [5.74, 6) is 0.648. The molecule has 2 atom stereocenters. The number of hydrogen-bond acceptors (Lipinski definition) is 7. The molecule has 1 aromatic carbocycles. The molecule has 2 aromatic heterocycles. The van der Waals surface area contributed by atoms with Gasteiger partial charge in [0.05, 0.1) is 12.2 Å². The van der Waals surface area contributed by atoms with Gasteiger partial charge in [-0.15, -0.1) is 16.4 Å². The SMILES string of the molecule is CCOC(=O)c1c(NC(=O)[C@H](Sc2n[nH]c(C)n2)c2ccccc2)sc2c1CC[C@@H](C)C2. The number of H-pyrrole nitrogens is 1. The first-order valence-corrected chi connectivity index (χ1v) is 12.4.